The average Bonchev–Trinajstić information content (AvgIpc) is 2.57. The maximum Gasteiger partial charge on any atom is 0.219 e. The molecule has 0 amide bonds. The van der Waals surface area contributed by atoms with Gasteiger partial charge in [-0.1, -0.05) is 12.2 Å². The molecule has 0 aliphatic rings. The molecule has 5 nitrogen and oxygen atoms in total. The van der Waals surface area contributed by atoms with E-state index in [4.69, 9.17) is 22.7 Å². The molecule has 0 saturated carbocycles. The molecule has 2 N–H and O–H groups in total. The monoisotopic (exact) mass is 262 g/mol. The van der Waals surface area contributed by atoms with Gasteiger partial charge in [0.1, 0.15) is 10.7 Å². The molecule has 2 heterocycles. The molecule has 0 aromatic carbocycles. The first-order valence-electron chi connectivity index (χ1n) is 5.43. The zero-order valence-corrected chi connectivity index (χ0v) is 11.3. The van der Waals surface area contributed by atoms with Gasteiger partial charge in [-0.2, -0.15) is 5.10 Å². The minimum Gasteiger partial charge on any atom is -0.435 e. The van der Waals surface area contributed by atoms with Gasteiger partial charge in [-0.15, -0.1) is 0 Å². The summed E-state index contributed by atoms with van der Waals surface area (Å²) in [4.78, 5) is 4.48. The van der Waals surface area contributed by atoms with Crippen LogP contribution < -0.4 is 10.5 Å². The van der Waals surface area contributed by atoms with Gasteiger partial charge in [0.2, 0.25) is 5.88 Å². The van der Waals surface area contributed by atoms with E-state index in [1.165, 1.54) is 0 Å². The highest BCUT2D eigenvalue weighted by Crippen LogP contribution is 2.26. The van der Waals surface area contributed by atoms with E-state index >= 15 is 0 Å². The van der Waals surface area contributed by atoms with Crippen LogP contribution in [0.2, 0.25) is 0 Å². The number of rotatable bonds is 3. The molecular formula is C12H14N4OS. The van der Waals surface area contributed by atoms with E-state index in [0.717, 1.165) is 22.7 Å². The summed E-state index contributed by atoms with van der Waals surface area (Å²) >= 11 is 4.86. The molecule has 0 unspecified atom stereocenters. The van der Waals surface area contributed by atoms with E-state index in [0.29, 0.717) is 10.9 Å². The van der Waals surface area contributed by atoms with Crippen LogP contribution in [0.3, 0.4) is 0 Å². The fourth-order valence-electron chi connectivity index (χ4n) is 1.59. The predicted octanol–water partition coefficient (Wildman–Crippen LogP) is 1.86. The highest BCUT2D eigenvalue weighted by molar-refractivity contribution is 7.80. The number of hydrogen-bond donors (Lipinski definition) is 1. The molecule has 0 radical (unpaired) electrons. The van der Waals surface area contributed by atoms with Crippen molar-refractivity contribution in [3.8, 4) is 11.6 Å². The Balaban J connectivity index is 2.26. The average molecular weight is 262 g/mol. The lowest BCUT2D eigenvalue weighted by atomic mass is 10.3. The Hall–Kier alpha value is -1.95. The Labute approximate surface area is 111 Å². The molecule has 2 aromatic heterocycles. The van der Waals surface area contributed by atoms with Gasteiger partial charge in [-0.3, -0.25) is 4.68 Å². The van der Waals surface area contributed by atoms with Crippen LogP contribution in [0.25, 0.3) is 0 Å². The summed E-state index contributed by atoms with van der Waals surface area (Å²) in [7, 11) is 1.87. The van der Waals surface area contributed by atoms with Crippen LogP contribution in [0.1, 0.15) is 17.0 Å². The number of ether oxygens (including phenoxy) is 1. The number of nitrogens with zero attached hydrogens (tertiary/aromatic N) is 3. The standard InChI is InChI=1S/C12H14N4OS/c1-7-11(8(2)16(3)15-7)17-10-5-4-9(6-14-10)12(13)18/h4-6H,1-3H3,(H2,13,18). The normalized spacial score (nSPS) is 10.4. The largest absolute Gasteiger partial charge is 0.435 e. The van der Waals surface area contributed by atoms with Crippen molar-refractivity contribution in [3.05, 3.63) is 35.3 Å². The maximum atomic E-state index is 5.72. The first kappa shape index (κ1) is 12.5. The van der Waals surface area contributed by atoms with E-state index in [1.807, 2.05) is 20.9 Å². The third-order valence-electron chi connectivity index (χ3n) is 2.67. The lowest BCUT2D eigenvalue weighted by molar-refractivity contribution is 0.455. The van der Waals surface area contributed by atoms with Crippen molar-refractivity contribution in [3.63, 3.8) is 0 Å². The highest BCUT2D eigenvalue weighted by Gasteiger charge is 2.12. The van der Waals surface area contributed by atoms with Gasteiger partial charge in [-0.25, -0.2) is 4.98 Å². The lowest BCUT2D eigenvalue weighted by Crippen LogP contribution is -2.09. The van der Waals surface area contributed by atoms with Crippen LogP contribution in [0.15, 0.2) is 18.3 Å². The van der Waals surface area contributed by atoms with Crippen LogP contribution in [-0.2, 0) is 7.05 Å². The van der Waals surface area contributed by atoms with Crippen LogP contribution in [0.5, 0.6) is 11.6 Å². The molecule has 2 rings (SSSR count). The van der Waals surface area contributed by atoms with E-state index in [-0.39, 0.29) is 0 Å². The fourth-order valence-corrected chi connectivity index (χ4v) is 1.71. The summed E-state index contributed by atoms with van der Waals surface area (Å²) in [5.74, 6) is 1.22. The molecule has 2 aromatic rings. The second-order valence-corrected chi connectivity index (χ2v) is 4.41. The molecule has 0 aliphatic heterocycles. The van der Waals surface area contributed by atoms with Crippen molar-refractivity contribution in [1.82, 2.24) is 14.8 Å². The first-order chi connectivity index (χ1) is 8.49. The van der Waals surface area contributed by atoms with E-state index in [2.05, 4.69) is 10.1 Å². The number of pyridine rings is 1. The van der Waals surface area contributed by atoms with Crippen LogP contribution >= 0.6 is 12.2 Å². The summed E-state index contributed by atoms with van der Waals surface area (Å²) in [6.45, 7) is 3.84. The Kier molecular flexibility index (Phi) is 3.29. The minimum absolute atomic E-state index is 0.322. The number of aromatic nitrogens is 3. The van der Waals surface area contributed by atoms with Gasteiger partial charge >= 0.3 is 0 Å². The molecule has 0 atom stereocenters. The predicted molar refractivity (Wildman–Crippen MR) is 72.9 cm³/mol. The van der Waals surface area contributed by atoms with Crippen molar-refractivity contribution in [2.24, 2.45) is 12.8 Å². The molecule has 6 heteroatoms. The lowest BCUT2D eigenvalue weighted by Gasteiger charge is -2.05. The number of thiocarbonyl (C=S) groups is 1. The molecular weight excluding hydrogens is 248 g/mol. The second kappa shape index (κ2) is 4.73. The SMILES string of the molecule is Cc1nn(C)c(C)c1Oc1ccc(C(N)=S)cn1. The molecule has 0 saturated heterocycles. The molecule has 0 aliphatic carbocycles. The molecule has 0 bridgehead atoms. The quantitative estimate of drug-likeness (QED) is 0.855. The van der Waals surface area contributed by atoms with Gasteiger partial charge < -0.3 is 10.5 Å². The molecule has 0 spiro atoms. The maximum absolute atomic E-state index is 5.72. The van der Waals surface area contributed by atoms with Crippen LogP contribution in [0, 0.1) is 13.8 Å². The number of nitrogens with two attached hydrogens (primary N) is 1. The van der Waals surface area contributed by atoms with E-state index in [9.17, 15) is 0 Å². The Morgan fingerprint density at radius 3 is 2.56 bits per heavy atom. The summed E-state index contributed by atoms with van der Waals surface area (Å²) < 4.78 is 7.49. The van der Waals surface area contributed by atoms with Crippen molar-refractivity contribution < 1.29 is 4.74 Å². The topological polar surface area (TPSA) is 66.0 Å². The zero-order chi connectivity index (χ0) is 13.3. The third kappa shape index (κ3) is 2.33. The summed E-state index contributed by atoms with van der Waals surface area (Å²) in [6.07, 6.45) is 1.60. The molecule has 94 valence electrons. The zero-order valence-electron chi connectivity index (χ0n) is 10.5. The van der Waals surface area contributed by atoms with Crippen molar-refractivity contribution in [2.75, 3.05) is 0 Å². The van der Waals surface area contributed by atoms with Gasteiger partial charge in [0.15, 0.2) is 5.75 Å². The highest BCUT2D eigenvalue weighted by atomic mass is 32.1. The fraction of sp³-hybridized carbons (Fsp3) is 0.250. The Morgan fingerprint density at radius 2 is 2.11 bits per heavy atom. The summed E-state index contributed by atoms with van der Waals surface area (Å²) in [6, 6.07) is 3.52. The minimum atomic E-state index is 0.322. The van der Waals surface area contributed by atoms with Gasteiger partial charge in [0, 0.05) is 24.9 Å². The van der Waals surface area contributed by atoms with Crippen molar-refractivity contribution in [2.45, 2.75) is 13.8 Å². The van der Waals surface area contributed by atoms with Crippen molar-refractivity contribution >= 4 is 17.2 Å². The summed E-state index contributed by atoms with van der Waals surface area (Å²) in [5.41, 5.74) is 8.01. The first-order valence-corrected chi connectivity index (χ1v) is 5.83. The van der Waals surface area contributed by atoms with E-state index < -0.39 is 0 Å². The van der Waals surface area contributed by atoms with Crippen LogP contribution in [-0.4, -0.2) is 19.8 Å². The Bertz CT molecular complexity index is 589. The number of hydrogen-bond acceptors (Lipinski definition) is 4. The van der Waals surface area contributed by atoms with Gasteiger partial charge in [-0.05, 0) is 19.9 Å². The molecule has 18 heavy (non-hydrogen) atoms. The van der Waals surface area contributed by atoms with Crippen molar-refractivity contribution in [1.29, 1.82) is 0 Å². The summed E-state index contributed by atoms with van der Waals surface area (Å²) in [5, 5.41) is 4.28. The molecule has 0 fully saturated rings. The smallest absolute Gasteiger partial charge is 0.219 e. The van der Waals surface area contributed by atoms with Crippen LogP contribution in [0.4, 0.5) is 0 Å². The second-order valence-electron chi connectivity index (χ2n) is 3.97. The van der Waals surface area contributed by atoms with Gasteiger partial charge in [0.05, 0.1) is 5.69 Å². The van der Waals surface area contributed by atoms with E-state index in [1.54, 1.807) is 23.0 Å². The Morgan fingerprint density at radius 1 is 1.39 bits per heavy atom. The number of aryl methyl sites for hydroxylation is 2. The third-order valence-corrected chi connectivity index (χ3v) is 2.91. The van der Waals surface area contributed by atoms with Gasteiger partial charge in [0.25, 0.3) is 0 Å².